The molecule has 5 heteroatoms. The largest absolute Gasteiger partial charge is 0.379 e. The number of aromatic nitrogens is 1. The Morgan fingerprint density at radius 2 is 2.05 bits per heavy atom. The van der Waals surface area contributed by atoms with Crippen molar-refractivity contribution in [2.75, 3.05) is 39.4 Å². The Morgan fingerprint density at radius 1 is 1.18 bits per heavy atom. The van der Waals surface area contributed by atoms with Crippen LogP contribution in [0.2, 0.25) is 5.15 Å². The van der Waals surface area contributed by atoms with Gasteiger partial charge in [-0.25, -0.2) is 4.98 Å². The molecule has 2 aliphatic heterocycles. The molecule has 2 fully saturated rings. The van der Waals surface area contributed by atoms with Gasteiger partial charge in [-0.3, -0.25) is 9.80 Å². The van der Waals surface area contributed by atoms with Crippen LogP contribution in [0, 0.1) is 0 Å². The van der Waals surface area contributed by atoms with E-state index in [4.69, 9.17) is 16.3 Å². The highest BCUT2D eigenvalue weighted by Gasteiger charge is 2.23. The van der Waals surface area contributed by atoms with Gasteiger partial charge >= 0.3 is 0 Å². The number of halogens is 1. The summed E-state index contributed by atoms with van der Waals surface area (Å²) in [5, 5.41) is 0.575. The van der Waals surface area contributed by atoms with Crippen LogP contribution in [0.1, 0.15) is 31.2 Å². The lowest BCUT2D eigenvalue weighted by atomic mass is 9.98. The SMILES string of the molecule is Clc1ccc(CN2CCCCC2CCN2CCOCC2)cn1. The third-order valence-corrected chi connectivity index (χ3v) is 5.03. The second-order valence-electron chi connectivity index (χ2n) is 6.35. The molecule has 0 aliphatic carbocycles. The van der Waals surface area contributed by atoms with Crippen LogP contribution in [0.15, 0.2) is 18.3 Å². The smallest absolute Gasteiger partial charge is 0.129 e. The van der Waals surface area contributed by atoms with Gasteiger partial charge in [0, 0.05) is 31.9 Å². The van der Waals surface area contributed by atoms with Crippen molar-refractivity contribution >= 4 is 11.6 Å². The Hall–Kier alpha value is -0.680. The molecule has 0 bridgehead atoms. The predicted octanol–water partition coefficient (Wildman–Crippen LogP) is 2.81. The molecule has 3 heterocycles. The van der Waals surface area contributed by atoms with Crippen LogP contribution >= 0.6 is 11.6 Å². The van der Waals surface area contributed by atoms with E-state index in [1.165, 1.54) is 44.3 Å². The molecule has 0 N–H and O–H groups in total. The highest BCUT2D eigenvalue weighted by molar-refractivity contribution is 6.29. The third kappa shape index (κ3) is 4.66. The fraction of sp³-hybridized carbons (Fsp3) is 0.706. The molecule has 1 aromatic heterocycles. The quantitative estimate of drug-likeness (QED) is 0.779. The number of pyridine rings is 1. The van der Waals surface area contributed by atoms with Crippen LogP contribution in [0.4, 0.5) is 0 Å². The summed E-state index contributed by atoms with van der Waals surface area (Å²) in [5.41, 5.74) is 1.27. The zero-order valence-corrected chi connectivity index (χ0v) is 14.0. The minimum atomic E-state index is 0.575. The van der Waals surface area contributed by atoms with Gasteiger partial charge in [-0.15, -0.1) is 0 Å². The van der Waals surface area contributed by atoms with E-state index in [0.29, 0.717) is 11.2 Å². The standard InChI is InChI=1S/C17H26ClN3O/c18-17-5-4-15(13-19-17)14-21-7-2-1-3-16(21)6-8-20-9-11-22-12-10-20/h4-5,13,16H,1-3,6-12,14H2. The van der Waals surface area contributed by atoms with E-state index in [9.17, 15) is 0 Å². The second kappa shape index (κ2) is 8.25. The lowest BCUT2D eigenvalue weighted by molar-refractivity contribution is 0.0302. The average Bonchev–Trinajstić information content (AvgIpc) is 2.57. The lowest BCUT2D eigenvalue weighted by Crippen LogP contribution is -2.43. The fourth-order valence-corrected chi connectivity index (χ4v) is 3.60. The molecule has 122 valence electrons. The summed E-state index contributed by atoms with van der Waals surface area (Å²) in [6.07, 6.45) is 7.18. The van der Waals surface area contributed by atoms with E-state index in [-0.39, 0.29) is 0 Å². The lowest BCUT2D eigenvalue weighted by Gasteiger charge is -2.37. The van der Waals surface area contributed by atoms with Gasteiger partial charge in [0.1, 0.15) is 5.15 Å². The third-order valence-electron chi connectivity index (χ3n) is 4.81. The van der Waals surface area contributed by atoms with Gasteiger partial charge in [0.25, 0.3) is 0 Å². The van der Waals surface area contributed by atoms with Crippen molar-refractivity contribution in [3.05, 3.63) is 29.0 Å². The maximum Gasteiger partial charge on any atom is 0.129 e. The van der Waals surface area contributed by atoms with Crippen molar-refractivity contribution in [2.45, 2.75) is 38.3 Å². The molecule has 1 aromatic rings. The molecule has 0 spiro atoms. The zero-order chi connectivity index (χ0) is 15.2. The monoisotopic (exact) mass is 323 g/mol. The van der Waals surface area contributed by atoms with E-state index in [1.54, 1.807) is 0 Å². The average molecular weight is 324 g/mol. The molecule has 4 nitrogen and oxygen atoms in total. The maximum absolute atomic E-state index is 5.88. The predicted molar refractivity (Wildman–Crippen MR) is 89.2 cm³/mol. The van der Waals surface area contributed by atoms with Gasteiger partial charge in [-0.2, -0.15) is 0 Å². The van der Waals surface area contributed by atoms with E-state index in [1.807, 2.05) is 12.3 Å². The first-order valence-electron chi connectivity index (χ1n) is 8.46. The molecule has 22 heavy (non-hydrogen) atoms. The summed E-state index contributed by atoms with van der Waals surface area (Å²) in [4.78, 5) is 9.38. The Balaban J connectivity index is 1.52. The number of rotatable bonds is 5. The highest BCUT2D eigenvalue weighted by Crippen LogP contribution is 2.22. The minimum absolute atomic E-state index is 0.575. The molecule has 2 aliphatic rings. The molecule has 0 aromatic carbocycles. The topological polar surface area (TPSA) is 28.6 Å². The van der Waals surface area contributed by atoms with Gasteiger partial charge in [0.15, 0.2) is 0 Å². The molecule has 1 unspecified atom stereocenters. The summed E-state index contributed by atoms with van der Waals surface area (Å²) in [5.74, 6) is 0. The molecular formula is C17H26ClN3O. The Kier molecular flexibility index (Phi) is 6.07. The Bertz CT molecular complexity index is 448. The first kappa shape index (κ1) is 16.2. The van der Waals surface area contributed by atoms with Crippen molar-refractivity contribution in [1.29, 1.82) is 0 Å². The number of hydrogen-bond acceptors (Lipinski definition) is 4. The van der Waals surface area contributed by atoms with Gasteiger partial charge in [-0.1, -0.05) is 24.1 Å². The van der Waals surface area contributed by atoms with E-state index in [0.717, 1.165) is 32.8 Å². The molecule has 0 radical (unpaired) electrons. The van der Waals surface area contributed by atoms with E-state index < -0.39 is 0 Å². The highest BCUT2D eigenvalue weighted by atomic mass is 35.5. The summed E-state index contributed by atoms with van der Waals surface area (Å²) in [6.45, 7) is 7.37. The minimum Gasteiger partial charge on any atom is -0.379 e. The van der Waals surface area contributed by atoms with E-state index >= 15 is 0 Å². The zero-order valence-electron chi connectivity index (χ0n) is 13.2. The summed E-state index contributed by atoms with van der Waals surface area (Å²) < 4.78 is 5.43. The number of hydrogen-bond donors (Lipinski definition) is 0. The normalized spacial score (nSPS) is 24.5. The van der Waals surface area contributed by atoms with Crippen molar-refractivity contribution in [1.82, 2.24) is 14.8 Å². The number of nitrogens with zero attached hydrogens (tertiary/aromatic N) is 3. The Morgan fingerprint density at radius 3 is 2.82 bits per heavy atom. The van der Waals surface area contributed by atoms with Gasteiger partial charge in [-0.05, 0) is 44.0 Å². The molecule has 2 saturated heterocycles. The first-order valence-corrected chi connectivity index (χ1v) is 8.83. The molecular weight excluding hydrogens is 298 g/mol. The fourth-order valence-electron chi connectivity index (χ4n) is 3.49. The maximum atomic E-state index is 5.88. The van der Waals surface area contributed by atoms with Gasteiger partial charge in [0.2, 0.25) is 0 Å². The van der Waals surface area contributed by atoms with Crippen molar-refractivity contribution < 1.29 is 4.74 Å². The summed E-state index contributed by atoms with van der Waals surface area (Å²) in [7, 11) is 0. The van der Waals surface area contributed by atoms with Crippen LogP contribution in [-0.2, 0) is 11.3 Å². The molecule has 3 rings (SSSR count). The number of likely N-dealkylation sites (tertiary alicyclic amines) is 1. The van der Waals surface area contributed by atoms with Crippen LogP contribution in [0.5, 0.6) is 0 Å². The summed E-state index contributed by atoms with van der Waals surface area (Å²) in [6, 6.07) is 4.69. The molecule has 0 saturated carbocycles. The van der Waals surface area contributed by atoms with E-state index in [2.05, 4.69) is 20.9 Å². The van der Waals surface area contributed by atoms with Crippen LogP contribution in [-0.4, -0.2) is 60.2 Å². The number of piperidine rings is 1. The van der Waals surface area contributed by atoms with Gasteiger partial charge < -0.3 is 4.74 Å². The number of ether oxygens (including phenoxy) is 1. The molecule has 1 atom stereocenters. The van der Waals surface area contributed by atoms with Crippen molar-refractivity contribution in [3.8, 4) is 0 Å². The van der Waals surface area contributed by atoms with Gasteiger partial charge in [0.05, 0.1) is 13.2 Å². The van der Waals surface area contributed by atoms with Crippen molar-refractivity contribution in [2.24, 2.45) is 0 Å². The van der Waals surface area contributed by atoms with Crippen LogP contribution in [0.3, 0.4) is 0 Å². The second-order valence-corrected chi connectivity index (χ2v) is 6.74. The first-order chi connectivity index (χ1) is 10.8. The summed E-state index contributed by atoms with van der Waals surface area (Å²) >= 11 is 5.88. The molecule has 0 amide bonds. The Labute approximate surface area is 138 Å². The van der Waals surface area contributed by atoms with Crippen LogP contribution in [0.25, 0.3) is 0 Å². The van der Waals surface area contributed by atoms with Crippen LogP contribution < -0.4 is 0 Å². The van der Waals surface area contributed by atoms with Crippen molar-refractivity contribution in [3.63, 3.8) is 0 Å². The number of morpholine rings is 1.